The second-order valence-corrected chi connectivity index (χ2v) is 10.2. The summed E-state index contributed by atoms with van der Waals surface area (Å²) in [6.45, 7) is 6.96. The molecule has 0 aliphatic carbocycles. The lowest BCUT2D eigenvalue weighted by molar-refractivity contribution is 0.476. The largest absolute Gasteiger partial charge is 0.366 e. The molecule has 1 aliphatic heterocycles. The van der Waals surface area contributed by atoms with Crippen LogP contribution in [0.1, 0.15) is 38.7 Å². The lowest BCUT2D eigenvalue weighted by Gasteiger charge is -2.35. The van der Waals surface area contributed by atoms with Crippen molar-refractivity contribution >= 4 is 26.4 Å². The second kappa shape index (κ2) is 8.11. The van der Waals surface area contributed by atoms with Gasteiger partial charge in [0.1, 0.15) is 10.7 Å². The number of halogens is 1. The third kappa shape index (κ3) is 3.76. The highest BCUT2D eigenvalue weighted by Crippen LogP contribution is 2.31. The molecule has 31 heavy (non-hydrogen) atoms. The van der Waals surface area contributed by atoms with Crippen LogP contribution in [0.25, 0.3) is 10.9 Å². The van der Waals surface area contributed by atoms with E-state index in [4.69, 9.17) is 0 Å². The van der Waals surface area contributed by atoms with Crippen molar-refractivity contribution in [2.75, 3.05) is 11.4 Å². The van der Waals surface area contributed by atoms with Gasteiger partial charge in [-0.05, 0) is 69.9 Å². The van der Waals surface area contributed by atoms with Gasteiger partial charge in [-0.15, -0.1) is 0 Å². The number of pyridine rings is 1. The fourth-order valence-electron chi connectivity index (χ4n) is 4.41. The molecule has 1 atom stereocenters. The molecule has 7 heteroatoms. The Morgan fingerprint density at radius 3 is 2.61 bits per heavy atom. The van der Waals surface area contributed by atoms with Gasteiger partial charge in [0.2, 0.25) is 15.3 Å². The Balaban J connectivity index is 1.94. The lowest BCUT2D eigenvalue weighted by Crippen LogP contribution is -2.38. The van der Waals surface area contributed by atoms with Crippen LogP contribution in [0, 0.1) is 12.7 Å². The minimum absolute atomic E-state index is 0.0610. The highest BCUT2D eigenvalue weighted by Gasteiger charge is 2.26. The maximum atomic E-state index is 15.2. The van der Waals surface area contributed by atoms with Gasteiger partial charge in [0, 0.05) is 25.3 Å². The van der Waals surface area contributed by atoms with Crippen LogP contribution >= 0.6 is 0 Å². The molecular formula is C24H27FN2O3S. The SMILES string of the molecule is CCn1cc(S(=O)(=O)c2cccc(C)c2)c(=O)c2cc(F)c(N3CCCC[C@H]3C)cc21. The van der Waals surface area contributed by atoms with Crippen molar-refractivity contribution in [1.29, 1.82) is 0 Å². The van der Waals surface area contributed by atoms with Gasteiger partial charge < -0.3 is 9.47 Å². The Hall–Kier alpha value is -2.67. The van der Waals surface area contributed by atoms with Gasteiger partial charge in [-0.25, -0.2) is 12.8 Å². The quantitative estimate of drug-likeness (QED) is 0.589. The van der Waals surface area contributed by atoms with E-state index in [0.717, 1.165) is 31.4 Å². The molecule has 0 unspecified atom stereocenters. The maximum Gasteiger partial charge on any atom is 0.211 e. The molecule has 0 bridgehead atoms. The standard InChI is InChI=1S/C24H27FN2O3S/c1-4-26-15-23(31(29,30)18-10-7-8-16(2)12-18)24(28)19-13-20(25)22(14-21(19)26)27-11-6-5-9-17(27)3/h7-8,10,12-15,17H,4-6,9,11H2,1-3H3/t17-/m1/s1. The first-order valence-corrected chi connectivity index (χ1v) is 12.2. The van der Waals surface area contributed by atoms with Gasteiger partial charge >= 0.3 is 0 Å². The molecule has 0 spiro atoms. The summed E-state index contributed by atoms with van der Waals surface area (Å²) in [6.07, 6.45) is 4.50. The summed E-state index contributed by atoms with van der Waals surface area (Å²) in [4.78, 5) is 15.0. The van der Waals surface area contributed by atoms with E-state index in [1.807, 2.05) is 11.8 Å². The zero-order chi connectivity index (χ0) is 22.3. The second-order valence-electron chi connectivity index (χ2n) is 8.29. The van der Waals surface area contributed by atoms with E-state index in [9.17, 15) is 13.2 Å². The van der Waals surface area contributed by atoms with Crippen molar-refractivity contribution in [1.82, 2.24) is 4.57 Å². The van der Waals surface area contributed by atoms with Gasteiger partial charge in [0.05, 0.1) is 21.5 Å². The Bertz CT molecular complexity index is 1310. The van der Waals surface area contributed by atoms with Gasteiger partial charge in [-0.1, -0.05) is 12.1 Å². The molecule has 0 amide bonds. The topological polar surface area (TPSA) is 59.4 Å². The molecule has 0 N–H and O–H groups in total. The van der Waals surface area contributed by atoms with Crippen LogP contribution in [0.2, 0.25) is 0 Å². The number of piperidine rings is 1. The highest BCUT2D eigenvalue weighted by molar-refractivity contribution is 7.91. The van der Waals surface area contributed by atoms with E-state index in [-0.39, 0.29) is 21.2 Å². The number of sulfone groups is 1. The summed E-state index contributed by atoms with van der Waals surface area (Å²) < 4.78 is 43.4. The normalized spacial score (nSPS) is 17.3. The summed E-state index contributed by atoms with van der Waals surface area (Å²) in [5.74, 6) is -0.494. The molecule has 5 nitrogen and oxygen atoms in total. The first kappa shape index (κ1) is 21.6. The first-order chi connectivity index (χ1) is 14.7. The van der Waals surface area contributed by atoms with Crippen molar-refractivity contribution in [3.05, 3.63) is 64.2 Å². The smallest absolute Gasteiger partial charge is 0.211 e. The third-order valence-electron chi connectivity index (χ3n) is 6.16. The molecule has 1 saturated heterocycles. The summed E-state index contributed by atoms with van der Waals surface area (Å²) in [5.41, 5.74) is 1.13. The molecule has 2 aromatic carbocycles. The van der Waals surface area contributed by atoms with Crippen molar-refractivity contribution in [3.63, 3.8) is 0 Å². The van der Waals surface area contributed by atoms with Crippen LogP contribution < -0.4 is 10.3 Å². The van der Waals surface area contributed by atoms with Gasteiger partial charge in [0.25, 0.3) is 0 Å². The number of aryl methyl sites for hydroxylation is 2. The Morgan fingerprint density at radius 2 is 1.94 bits per heavy atom. The molecule has 3 aromatic rings. The van der Waals surface area contributed by atoms with Crippen LogP contribution in [-0.4, -0.2) is 25.6 Å². The zero-order valence-electron chi connectivity index (χ0n) is 18.1. The van der Waals surface area contributed by atoms with E-state index in [1.165, 1.54) is 24.4 Å². The number of fused-ring (bicyclic) bond motifs is 1. The number of rotatable bonds is 4. The van der Waals surface area contributed by atoms with Crippen LogP contribution in [0.4, 0.5) is 10.1 Å². The van der Waals surface area contributed by atoms with E-state index < -0.39 is 21.1 Å². The minimum atomic E-state index is -4.03. The summed E-state index contributed by atoms with van der Waals surface area (Å²) in [5, 5.41) is 0.0847. The number of aromatic nitrogens is 1. The third-order valence-corrected chi connectivity index (χ3v) is 7.90. The summed E-state index contributed by atoms with van der Waals surface area (Å²) in [7, 11) is -4.03. The van der Waals surface area contributed by atoms with E-state index >= 15 is 4.39 Å². The van der Waals surface area contributed by atoms with Crippen molar-refractivity contribution in [2.45, 2.75) is 62.4 Å². The molecule has 4 rings (SSSR count). The zero-order valence-corrected chi connectivity index (χ0v) is 18.9. The summed E-state index contributed by atoms with van der Waals surface area (Å²) in [6, 6.07) is 9.56. The molecule has 1 aliphatic rings. The number of hydrogen-bond donors (Lipinski definition) is 0. The fraction of sp³-hybridized carbons (Fsp3) is 0.375. The Kier molecular flexibility index (Phi) is 5.64. The minimum Gasteiger partial charge on any atom is -0.366 e. The molecule has 1 aromatic heterocycles. The first-order valence-electron chi connectivity index (χ1n) is 10.7. The van der Waals surface area contributed by atoms with Crippen LogP contribution in [0.3, 0.4) is 0 Å². The lowest BCUT2D eigenvalue weighted by atomic mass is 10.0. The Labute approximate surface area is 182 Å². The van der Waals surface area contributed by atoms with Crippen molar-refractivity contribution in [2.24, 2.45) is 0 Å². The molecular weight excluding hydrogens is 415 g/mol. The number of nitrogens with zero attached hydrogens (tertiary/aromatic N) is 2. The maximum absolute atomic E-state index is 15.2. The predicted molar refractivity (Wildman–Crippen MR) is 121 cm³/mol. The highest BCUT2D eigenvalue weighted by atomic mass is 32.2. The summed E-state index contributed by atoms with van der Waals surface area (Å²) >= 11 is 0. The van der Waals surface area contributed by atoms with E-state index in [2.05, 4.69) is 6.92 Å². The average molecular weight is 443 g/mol. The van der Waals surface area contributed by atoms with Crippen molar-refractivity contribution in [3.8, 4) is 0 Å². The molecule has 0 radical (unpaired) electrons. The Morgan fingerprint density at radius 1 is 1.16 bits per heavy atom. The predicted octanol–water partition coefficient (Wildman–Crippen LogP) is 4.68. The molecule has 0 saturated carbocycles. The monoisotopic (exact) mass is 442 g/mol. The van der Waals surface area contributed by atoms with Gasteiger partial charge in [0.15, 0.2) is 0 Å². The number of hydrogen-bond acceptors (Lipinski definition) is 4. The van der Waals surface area contributed by atoms with Gasteiger partial charge in [-0.3, -0.25) is 4.79 Å². The van der Waals surface area contributed by atoms with E-state index in [1.54, 1.807) is 29.7 Å². The van der Waals surface area contributed by atoms with Crippen LogP contribution in [0.5, 0.6) is 0 Å². The number of benzene rings is 2. The van der Waals surface area contributed by atoms with Crippen LogP contribution in [0.15, 0.2) is 57.2 Å². The van der Waals surface area contributed by atoms with E-state index in [0.29, 0.717) is 17.7 Å². The number of anilines is 1. The van der Waals surface area contributed by atoms with Gasteiger partial charge in [-0.2, -0.15) is 0 Å². The van der Waals surface area contributed by atoms with Crippen molar-refractivity contribution < 1.29 is 12.8 Å². The molecule has 164 valence electrons. The molecule has 1 fully saturated rings. The average Bonchev–Trinajstić information content (AvgIpc) is 2.74. The fourth-order valence-corrected chi connectivity index (χ4v) is 5.88. The molecule has 2 heterocycles. The van der Waals surface area contributed by atoms with Crippen LogP contribution in [-0.2, 0) is 16.4 Å².